The van der Waals surface area contributed by atoms with Crippen molar-refractivity contribution in [1.29, 1.82) is 0 Å². The summed E-state index contributed by atoms with van der Waals surface area (Å²) in [4.78, 5) is 4.51. The van der Waals surface area contributed by atoms with Crippen LogP contribution in [0.1, 0.15) is 19.5 Å². The lowest BCUT2D eigenvalue weighted by Crippen LogP contribution is -1.95. The summed E-state index contributed by atoms with van der Waals surface area (Å²) in [7, 11) is 0. The number of hydrogen-bond acceptors (Lipinski definition) is 1. The smallest absolute Gasteiger partial charge is 0.137 e. The average Bonchev–Trinajstić information content (AvgIpc) is 2.67. The summed E-state index contributed by atoms with van der Waals surface area (Å²) in [5, 5.41) is 0. The molecule has 2 aromatic rings. The predicted molar refractivity (Wildman–Crippen MR) is 68.7 cm³/mol. The van der Waals surface area contributed by atoms with Crippen molar-refractivity contribution in [2.24, 2.45) is 5.92 Å². The Labute approximate surface area is 101 Å². The molecule has 2 heterocycles. The molecule has 0 saturated heterocycles. The van der Waals surface area contributed by atoms with E-state index in [9.17, 15) is 0 Å². The second-order valence-electron chi connectivity index (χ2n) is 4.14. The van der Waals surface area contributed by atoms with Crippen LogP contribution in [0, 0.1) is 5.92 Å². The number of rotatable bonds is 3. The zero-order valence-corrected chi connectivity index (χ0v) is 10.3. The minimum Gasteiger partial charge on any atom is -0.306 e. The van der Waals surface area contributed by atoms with Gasteiger partial charge in [-0.25, -0.2) is 4.98 Å². The maximum Gasteiger partial charge on any atom is 0.137 e. The van der Waals surface area contributed by atoms with Gasteiger partial charge in [-0.05, 0) is 24.1 Å². The third-order valence-corrected chi connectivity index (χ3v) is 2.92. The number of hydrogen-bond donors (Lipinski definition) is 0. The molecular formula is C13H15ClN2. The number of imidazole rings is 1. The summed E-state index contributed by atoms with van der Waals surface area (Å²) in [5.74, 6) is 1.02. The highest BCUT2D eigenvalue weighted by Gasteiger charge is 2.04. The molecule has 0 aromatic carbocycles. The van der Waals surface area contributed by atoms with E-state index >= 15 is 0 Å². The second-order valence-corrected chi connectivity index (χ2v) is 4.41. The Morgan fingerprint density at radius 1 is 1.50 bits per heavy atom. The summed E-state index contributed by atoms with van der Waals surface area (Å²) in [6.45, 7) is 4.29. The average molecular weight is 235 g/mol. The Hall–Kier alpha value is -1.28. The van der Waals surface area contributed by atoms with Crippen LogP contribution in [0.2, 0.25) is 0 Å². The number of allylic oxidation sites excluding steroid dienone is 1. The van der Waals surface area contributed by atoms with Gasteiger partial charge in [-0.2, -0.15) is 0 Å². The van der Waals surface area contributed by atoms with E-state index in [1.54, 1.807) is 0 Å². The van der Waals surface area contributed by atoms with Gasteiger partial charge < -0.3 is 4.40 Å². The van der Waals surface area contributed by atoms with Crippen LogP contribution in [0.5, 0.6) is 0 Å². The summed E-state index contributed by atoms with van der Waals surface area (Å²) in [6.07, 6.45) is 6.09. The fourth-order valence-corrected chi connectivity index (χ4v) is 1.96. The quantitative estimate of drug-likeness (QED) is 0.742. The molecule has 0 unspecified atom stereocenters. The van der Waals surface area contributed by atoms with Gasteiger partial charge in [0.25, 0.3) is 0 Å². The van der Waals surface area contributed by atoms with Gasteiger partial charge in [0.1, 0.15) is 5.65 Å². The first-order chi connectivity index (χ1) is 7.70. The van der Waals surface area contributed by atoms with Crippen LogP contribution >= 0.6 is 11.6 Å². The third-order valence-electron chi connectivity index (χ3n) is 2.61. The molecule has 0 saturated carbocycles. The molecule has 2 rings (SSSR count). The van der Waals surface area contributed by atoms with Crippen molar-refractivity contribution in [3.63, 3.8) is 0 Å². The topological polar surface area (TPSA) is 17.3 Å². The highest BCUT2D eigenvalue weighted by atomic mass is 35.5. The molecule has 0 spiro atoms. The van der Waals surface area contributed by atoms with Gasteiger partial charge in [0.15, 0.2) is 0 Å². The molecule has 16 heavy (non-hydrogen) atoms. The molecule has 0 fully saturated rings. The Balaban J connectivity index is 2.40. The van der Waals surface area contributed by atoms with Crippen LogP contribution < -0.4 is 0 Å². The number of aromatic nitrogens is 2. The van der Waals surface area contributed by atoms with E-state index in [1.807, 2.05) is 35.0 Å². The van der Waals surface area contributed by atoms with Gasteiger partial charge >= 0.3 is 0 Å². The Bertz CT molecular complexity index is 478. The molecule has 0 radical (unpaired) electrons. The highest BCUT2D eigenvalue weighted by molar-refractivity contribution is 6.19. The number of nitrogens with zero attached hydrogens (tertiary/aromatic N) is 2. The Kier molecular flexibility index (Phi) is 3.30. The van der Waals surface area contributed by atoms with Crippen molar-refractivity contribution < 1.29 is 0 Å². The van der Waals surface area contributed by atoms with E-state index in [0.29, 0.717) is 11.8 Å². The Morgan fingerprint density at radius 3 is 2.94 bits per heavy atom. The molecule has 2 nitrogen and oxygen atoms in total. The maximum absolute atomic E-state index is 5.91. The predicted octanol–water partition coefficient (Wildman–Crippen LogP) is 3.61. The van der Waals surface area contributed by atoms with Crippen LogP contribution in [0.25, 0.3) is 11.7 Å². The van der Waals surface area contributed by atoms with Crippen molar-refractivity contribution in [1.82, 2.24) is 9.38 Å². The van der Waals surface area contributed by atoms with Gasteiger partial charge in [-0.15, -0.1) is 11.6 Å². The lowest BCUT2D eigenvalue weighted by atomic mass is 10.0. The minimum absolute atomic E-state index is 0.460. The number of halogens is 1. The monoisotopic (exact) mass is 234 g/mol. The number of alkyl halides is 1. The van der Waals surface area contributed by atoms with Crippen molar-refractivity contribution in [3.8, 4) is 0 Å². The van der Waals surface area contributed by atoms with Crippen LogP contribution in [-0.4, -0.2) is 15.3 Å². The molecule has 0 aliphatic rings. The number of fused-ring (bicyclic) bond motifs is 1. The highest BCUT2D eigenvalue weighted by Crippen LogP contribution is 2.16. The van der Waals surface area contributed by atoms with E-state index in [0.717, 1.165) is 11.3 Å². The largest absolute Gasteiger partial charge is 0.306 e. The minimum atomic E-state index is 0.460. The summed E-state index contributed by atoms with van der Waals surface area (Å²) in [6, 6.07) is 5.97. The fraction of sp³-hybridized carbons (Fsp3) is 0.308. The van der Waals surface area contributed by atoms with Crippen molar-refractivity contribution in [3.05, 3.63) is 41.9 Å². The van der Waals surface area contributed by atoms with Gasteiger partial charge in [0.05, 0.1) is 5.69 Å². The van der Waals surface area contributed by atoms with E-state index in [-0.39, 0.29) is 0 Å². The molecule has 0 aliphatic heterocycles. The summed E-state index contributed by atoms with van der Waals surface area (Å²) in [5.41, 5.74) is 3.15. The lowest BCUT2D eigenvalue weighted by molar-refractivity contribution is 0.777. The van der Waals surface area contributed by atoms with Gasteiger partial charge in [0.2, 0.25) is 0 Å². The van der Waals surface area contributed by atoms with E-state index < -0.39 is 0 Å². The summed E-state index contributed by atoms with van der Waals surface area (Å²) < 4.78 is 2.01. The molecular weight excluding hydrogens is 220 g/mol. The summed E-state index contributed by atoms with van der Waals surface area (Å²) >= 11 is 5.91. The van der Waals surface area contributed by atoms with Crippen molar-refractivity contribution in [2.75, 3.05) is 5.88 Å². The van der Waals surface area contributed by atoms with Gasteiger partial charge in [-0.1, -0.05) is 25.5 Å². The van der Waals surface area contributed by atoms with E-state index in [4.69, 9.17) is 11.6 Å². The molecule has 0 aliphatic carbocycles. The molecule has 3 heteroatoms. The van der Waals surface area contributed by atoms with Crippen LogP contribution in [0.15, 0.2) is 36.2 Å². The fourth-order valence-electron chi connectivity index (χ4n) is 1.57. The normalized spacial score (nSPS) is 12.6. The van der Waals surface area contributed by atoms with Crippen LogP contribution in [-0.2, 0) is 0 Å². The first kappa shape index (κ1) is 11.2. The molecule has 0 amide bonds. The van der Waals surface area contributed by atoms with E-state index in [1.165, 1.54) is 5.57 Å². The van der Waals surface area contributed by atoms with Gasteiger partial charge in [0, 0.05) is 18.3 Å². The lowest BCUT2D eigenvalue weighted by Gasteiger charge is -2.05. The standard InChI is InChI=1S/C13H15ClN2/c1-10(2)11(8-14)7-12-9-16-6-4-3-5-13(16)15-12/h3-7,9-10H,8H2,1-2H3. The van der Waals surface area contributed by atoms with Crippen LogP contribution in [0.4, 0.5) is 0 Å². The van der Waals surface area contributed by atoms with Crippen molar-refractivity contribution >= 4 is 23.3 Å². The first-order valence-corrected chi connectivity index (χ1v) is 5.94. The molecule has 0 N–H and O–H groups in total. The zero-order chi connectivity index (χ0) is 11.5. The first-order valence-electron chi connectivity index (χ1n) is 5.41. The maximum atomic E-state index is 5.91. The number of pyridine rings is 1. The molecule has 0 bridgehead atoms. The second kappa shape index (κ2) is 4.71. The van der Waals surface area contributed by atoms with Crippen molar-refractivity contribution in [2.45, 2.75) is 13.8 Å². The molecule has 84 valence electrons. The van der Waals surface area contributed by atoms with Gasteiger partial charge in [-0.3, -0.25) is 0 Å². The molecule has 0 atom stereocenters. The Morgan fingerprint density at radius 2 is 2.31 bits per heavy atom. The molecule has 2 aromatic heterocycles. The van der Waals surface area contributed by atoms with Crippen LogP contribution in [0.3, 0.4) is 0 Å². The van der Waals surface area contributed by atoms with E-state index in [2.05, 4.69) is 24.9 Å². The zero-order valence-electron chi connectivity index (χ0n) is 9.52. The third kappa shape index (κ3) is 2.27. The SMILES string of the molecule is CC(C)C(=Cc1cn2ccccc2n1)CCl.